The first kappa shape index (κ1) is 15.4. The van der Waals surface area contributed by atoms with Crippen molar-refractivity contribution in [2.45, 2.75) is 32.9 Å². The van der Waals surface area contributed by atoms with Gasteiger partial charge in [0.1, 0.15) is 17.8 Å². The van der Waals surface area contributed by atoms with Crippen molar-refractivity contribution in [1.29, 1.82) is 0 Å². The summed E-state index contributed by atoms with van der Waals surface area (Å²) >= 11 is 6.12. The van der Waals surface area contributed by atoms with Crippen LogP contribution in [0.5, 0.6) is 0 Å². The number of para-hydroxylation sites is 1. The average molecular weight is 310 g/mol. The topological polar surface area (TPSA) is 68.5 Å². The summed E-state index contributed by atoms with van der Waals surface area (Å²) in [6, 6.07) is 6.96. The lowest BCUT2D eigenvalue weighted by molar-refractivity contribution is -0.155. The fourth-order valence-electron chi connectivity index (χ4n) is 2.14. The van der Waals surface area contributed by atoms with E-state index in [9.17, 15) is 14.7 Å². The van der Waals surface area contributed by atoms with Gasteiger partial charge in [0.2, 0.25) is 0 Å². The van der Waals surface area contributed by atoms with E-state index in [-0.39, 0.29) is 17.3 Å². The van der Waals surface area contributed by atoms with Crippen molar-refractivity contribution in [3.8, 4) is 0 Å². The van der Waals surface area contributed by atoms with Crippen molar-refractivity contribution in [3.05, 3.63) is 35.0 Å². The van der Waals surface area contributed by atoms with Gasteiger partial charge in [0.15, 0.2) is 0 Å². The Morgan fingerprint density at radius 1 is 1.29 bits per heavy atom. The van der Waals surface area contributed by atoms with Gasteiger partial charge in [-0.3, -0.25) is 4.79 Å². The summed E-state index contributed by atoms with van der Waals surface area (Å²) in [5.41, 5.74) is -0.151. The number of carbonyl (C=O) groups is 2. The highest BCUT2D eigenvalue weighted by molar-refractivity contribution is 6.38. The average Bonchev–Trinajstić information content (AvgIpc) is 2.61. The number of carbonyl (C=O) groups excluding carboxylic acids is 1. The molecule has 0 radical (unpaired) electrons. The Balaban J connectivity index is 2.50. The smallest absolute Gasteiger partial charge is 0.354 e. The molecule has 2 aromatic rings. The van der Waals surface area contributed by atoms with Crippen LogP contribution in [0.1, 0.15) is 31.3 Å². The number of rotatable bonds is 3. The van der Waals surface area contributed by atoms with Gasteiger partial charge in [-0.1, -0.05) is 29.8 Å². The second-order valence-corrected chi connectivity index (χ2v) is 6.04. The number of fused-ring (bicyclic) bond motifs is 1. The zero-order valence-electron chi connectivity index (χ0n) is 12.0. The second kappa shape index (κ2) is 5.41. The highest BCUT2D eigenvalue weighted by Gasteiger charge is 2.24. The van der Waals surface area contributed by atoms with Crippen LogP contribution in [0.4, 0.5) is 0 Å². The summed E-state index contributed by atoms with van der Waals surface area (Å²) in [5, 5.41) is 10.1. The first-order valence-corrected chi connectivity index (χ1v) is 6.80. The van der Waals surface area contributed by atoms with Gasteiger partial charge in [-0.2, -0.15) is 0 Å². The van der Waals surface area contributed by atoms with Gasteiger partial charge in [-0.05, 0) is 26.8 Å². The fourth-order valence-corrected chi connectivity index (χ4v) is 2.48. The number of aromatic carboxylic acids is 1. The number of esters is 1. The van der Waals surface area contributed by atoms with E-state index >= 15 is 0 Å². The molecule has 1 aromatic heterocycles. The zero-order chi connectivity index (χ0) is 15.8. The number of aromatic nitrogens is 1. The molecule has 0 aliphatic heterocycles. The van der Waals surface area contributed by atoms with Crippen molar-refractivity contribution in [3.63, 3.8) is 0 Å². The largest absolute Gasteiger partial charge is 0.477 e. The Bertz CT molecular complexity index is 712. The monoisotopic (exact) mass is 309 g/mol. The van der Waals surface area contributed by atoms with Gasteiger partial charge in [-0.15, -0.1) is 0 Å². The third-order valence-corrected chi connectivity index (χ3v) is 3.20. The van der Waals surface area contributed by atoms with Crippen LogP contribution in [0.25, 0.3) is 10.9 Å². The van der Waals surface area contributed by atoms with Crippen molar-refractivity contribution < 1.29 is 19.4 Å². The number of nitrogens with zero attached hydrogens (tertiary/aromatic N) is 1. The first-order chi connectivity index (χ1) is 9.70. The minimum atomic E-state index is -1.18. The Hall–Kier alpha value is -2.01. The van der Waals surface area contributed by atoms with E-state index in [1.54, 1.807) is 45.0 Å². The van der Waals surface area contributed by atoms with E-state index in [1.807, 2.05) is 0 Å². The van der Waals surface area contributed by atoms with Crippen LogP contribution in [-0.2, 0) is 16.1 Å². The minimum Gasteiger partial charge on any atom is -0.477 e. The summed E-state index contributed by atoms with van der Waals surface area (Å²) in [6.45, 7) is 5.06. The van der Waals surface area contributed by atoms with Gasteiger partial charge in [-0.25, -0.2) is 4.79 Å². The molecule has 1 heterocycles. The number of ether oxygens (including phenoxy) is 1. The molecule has 5 nitrogen and oxygen atoms in total. The summed E-state index contributed by atoms with van der Waals surface area (Å²) in [5.74, 6) is -1.69. The van der Waals surface area contributed by atoms with E-state index < -0.39 is 17.5 Å². The van der Waals surface area contributed by atoms with Crippen LogP contribution in [-0.4, -0.2) is 27.2 Å². The number of carboxylic acid groups (broad SMARTS) is 1. The van der Waals surface area contributed by atoms with Crippen molar-refractivity contribution >= 4 is 34.4 Å². The van der Waals surface area contributed by atoms with Crippen LogP contribution in [0.3, 0.4) is 0 Å². The van der Waals surface area contributed by atoms with E-state index in [1.165, 1.54) is 4.57 Å². The maximum Gasteiger partial charge on any atom is 0.354 e. The van der Waals surface area contributed by atoms with Gasteiger partial charge in [0.05, 0.1) is 10.5 Å². The molecule has 0 amide bonds. The van der Waals surface area contributed by atoms with E-state index in [2.05, 4.69) is 0 Å². The second-order valence-electron chi connectivity index (χ2n) is 5.66. The highest BCUT2D eigenvalue weighted by atomic mass is 35.5. The Kier molecular flexibility index (Phi) is 3.96. The third-order valence-electron chi connectivity index (χ3n) is 2.82. The minimum absolute atomic E-state index is 0.108. The van der Waals surface area contributed by atoms with Crippen LogP contribution in [0.15, 0.2) is 24.3 Å². The predicted molar refractivity (Wildman–Crippen MR) is 79.8 cm³/mol. The molecule has 6 heteroatoms. The van der Waals surface area contributed by atoms with Crippen LogP contribution in [0, 0.1) is 0 Å². The van der Waals surface area contributed by atoms with E-state index in [0.29, 0.717) is 10.9 Å². The van der Waals surface area contributed by atoms with E-state index in [4.69, 9.17) is 16.3 Å². The van der Waals surface area contributed by atoms with Crippen molar-refractivity contribution in [2.75, 3.05) is 0 Å². The van der Waals surface area contributed by atoms with Crippen molar-refractivity contribution in [1.82, 2.24) is 4.57 Å². The molecule has 0 unspecified atom stereocenters. The maximum absolute atomic E-state index is 12.0. The standard InChI is InChI=1S/C15H16ClNO4/c1-15(2,3)21-11(18)8-17-10-7-5-4-6-9(10)12(16)13(17)14(19)20/h4-7H,8H2,1-3H3,(H,19,20). The van der Waals surface area contributed by atoms with Gasteiger partial charge >= 0.3 is 11.9 Å². The first-order valence-electron chi connectivity index (χ1n) is 6.42. The zero-order valence-corrected chi connectivity index (χ0v) is 12.8. The third kappa shape index (κ3) is 3.19. The lowest BCUT2D eigenvalue weighted by Crippen LogP contribution is -2.27. The molecule has 0 bridgehead atoms. The van der Waals surface area contributed by atoms with Crippen LogP contribution < -0.4 is 0 Å². The molecule has 1 N–H and O–H groups in total. The predicted octanol–water partition coefficient (Wildman–Crippen LogP) is 3.33. The number of hydrogen-bond donors (Lipinski definition) is 1. The molecular formula is C15H16ClNO4. The lowest BCUT2D eigenvalue weighted by atomic mass is 10.2. The Morgan fingerprint density at radius 2 is 1.90 bits per heavy atom. The molecule has 0 fully saturated rings. The molecule has 1 aromatic carbocycles. The quantitative estimate of drug-likeness (QED) is 0.883. The molecule has 112 valence electrons. The Labute approximate surface area is 127 Å². The molecule has 0 aliphatic carbocycles. The van der Waals surface area contributed by atoms with E-state index in [0.717, 1.165) is 0 Å². The highest BCUT2D eigenvalue weighted by Crippen LogP contribution is 2.30. The molecule has 0 saturated carbocycles. The van der Waals surface area contributed by atoms with Gasteiger partial charge in [0, 0.05) is 5.39 Å². The number of carboxylic acids is 1. The summed E-state index contributed by atoms with van der Waals surface area (Å²) in [7, 11) is 0. The number of halogens is 1. The molecular weight excluding hydrogens is 294 g/mol. The lowest BCUT2D eigenvalue weighted by Gasteiger charge is -2.20. The Morgan fingerprint density at radius 3 is 2.48 bits per heavy atom. The molecule has 21 heavy (non-hydrogen) atoms. The number of hydrogen-bond acceptors (Lipinski definition) is 3. The molecule has 0 saturated heterocycles. The van der Waals surface area contributed by atoms with Crippen LogP contribution in [0.2, 0.25) is 5.02 Å². The molecule has 0 spiro atoms. The molecule has 0 aliphatic rings. The summed E-state index contributed by atoms with van der Waals surface area (Å²) in [4.78, 5) is 23.4. The van der Waals surface area contributed by atoms with Gasteiger partial charge in [0.25, 0.3) is 0 Å². The van der Waals surface area contributed by atoms with Crippen LogP contribution >= 0.6 is 11.6 Å². The molecule has 0 atom stereocenters. The van der Waals surface area contributed by atoms with Crippen molar-refractivity contribution in [2.24, 2.45) is 0 Å². The summed E-state index contributed by atoms with van der Waals surface area (Å²) < 4.78 is 6.61. The molecule has 2 rings (SSSR count). The SMILES string of the molecule is CC(C)(C)OC(=O)Cn1c(C(=O)O)c(Cl)c2ccccc21. The summed E-state index contributed by atoms with van der Waals surface area (Å²) in [6.07, 6.45) is 0. The number of benzene rings is 1. The maximum atomic E-state index is 12.0. The fraction of sp³-hybridized carbons (Fsp3) is 0.333. The normalized spacial score (nSPS) is 11.6. The van der Waals surface area contributed by atoms with Gasteiger partial charge < -0.3 is 14.4 Å².